The van der Waals surface area contributed by atoms with Crippen LogP contribution in [0.5, 0.6) is 0 Å². The predicted octanol–water partition coefficient (Wildman–Crippen LogP) is 1.57. The number of hydrogen-bond donors (Lipinski definition) is 1. The van der Waals surface area contributed by atoms with Gasteiger partial charge in [-0.2, -0.15) is 0 Å². The third kappa shape index (κ3) is 2.07. The first-order valence-electron chi connectivity index (χ1n) is 5.95. The van der Waals surface area contributed by atoms with E-state index in [9.17, 15) is 0 Å². The quantitative estimate of drug-likeness (QED) is 0.771. The van der Waals surface area contributed by atoms with Crippen molar-refractivity contribution in [2.24, 2.45) is 0 Å². The second-order valence-electron chi connectivity index (χ2n) is 4.38. The van der Waals surface area contributed by atoms with Crippen LogP contribution >= 0.6 is 0 Å². The summed E-state index contributed by atoms with van der Waals surface area (Å²) in [6, 6.07) is 8.90. The molecule has 84 valence electrons. The Morgan fingerprint density at radius 1 is 1.31 bits per heavy atom. The van der Waals surface area contributed by atoms with Gasteiger partial charge >= 0.3 is 0 Å². The van der Waals surface area contributed by atoms with Gasteiger partial charge < -0.3 is 5.32 Å². The van der Waals surface area contributed by atoms with Crippen molar-refractivity contribution in [1.29, 1.82) is 0 Å². The summed E-state index contributed by atoms with van der Waals surface area (Å²) in [6.07, 6.45) is 3.82. The molecule has 0 atom stereocenters. The summed E-state index contributed by atoms with van der Waals surface area (Å²) in [5.41, 5.74) is 2.12. The maximum absolute atomic E-state index is 4.17. The summed E-state index contributed by atoms with van der Waals surface area (Å²) in [7, 11) is 0. The van der Waals surface area contributed by atoms with Crippen LogP contribution in [0.1, 0.15) is 19.3 Å². The normalized spacial score (nSPS) is 15.8. The van der Waals surface area contributed by atoms with E-state index in [1.54, 1.807) is 0 Å². The predicted molar refractivity (Wildman–Crippen MR) is 63.2 cm³/mol. The Kier molecular flexibility index (Phi) is 2.58. The zero-order chi connectivity index (χ0) is 10.8. The second kappa shape index (κ2) is 4.22. The van der Waals surface area contributed by atoms with Crippen molar-refractivity contribution >= 4 is 11.0 Å². The molecule has 3 rings (SSSR count). The van der Waals surface area contributed by atoms with Crippen molar-refractivity contribution < 1.29 is 0 Å². The highest BCUT2D eigenvalue weighted by atomic mass is 15.4. The van der Waals surface area contributed by atoms with Gasteiger partial charge in [-0.05, 0) is 37.9 Å². The molecular weight excluding hydrogens is 200 g/mol. The lowest BCUT2D eigenvalue weighted by atomic mass is 10.3. The van der Waals surface area contributed by atoms with Gasteiger partial charge in [0.15, 0.2) is 0 Å². The first-order valence-corrected chi connectivity index (χ1v) is 5.95. The van der Waals surface area contributed by atoms with Crippen molar-refractivity contribution in [3.8, 4) is 0 Å². The third-order valence-electron chi connectivity index (χ3n) is 2.98. The minimum Gasteiger partial charge on any atom is -0.314 e. The molecular formula is C12H16N4. The maximum Gasteiger partial charge on any atom is 0.113 e. The largest absolute Gasteiger partial charge is 0.314 e. The molecule has 1 saturated carbocycles. The second-order valence-corrected chi connectivity index (χ2v) is 4.38. The molecule has 0 amide bonds. The summed E-state index contributed by atoms with van der Waals surface area (Å²) < 4.78 is 1.99. The Labute approximate surface area is 94.6 Å². The van der Waals surface area contributed by atoms with Gasteiger partial charge in [-0.15, -0.1) is 5.10 Å². The van der Waals surface area contributed by atoms with E-state index in [-0.39, 0.29) is 0 Å². The Morgan fingerprint density at radius 2 is 2.19 bits per heavy atom. The van der Waals surface area contributed by atoms with Crippen molar-refractivity contribution in [1.82, 2.24) is 20.3 Å². The molecule has 1 aliphatic rings. The highest BCUT2D eigenvalue weighted by molar-refractivity contribution is 5.73. The number of aromatic nitrogens is 3. The molecule has 4 heteroatoms. The van der Waals surface area contributed by atoms with Crippen LogP contribution in [0.4, 0.5) is 0 Å². The fourth-order valence-corrected chi connectivity index (χ4v) is 1.90. The van der Waals surface area contributed by atoms with E-state index in [1.807, 2.05) is 22.9 Å². The van der Waals surface area contributed by atoms with Crippen molar-refractivity contribution in [3.63, 3.8) is 0 Å². The summed E-state index contributed by atoms with van der Waals surface area (Å²) in [4.78, 5) is 0. The number of fused-ring (bicyclic) bond motifs is 1. The SMILES string of the molecule is c1ccc2c(c1)nnn2CCCNC1CC1. The number of rotatable bonds is 5. The summed E-state index contributed by atoms with van der Waals surface area (Å²) in [6.45, 7) is 2.03. The fraction of sp³-hybridized carbons (Fsp3) is 0.500. The number of benzene rings is 1. The third-order valence-corrected chi connectivity index (χ3v) is 2.98. The first-order chi connectivity index (χ1) is 7.93. The molecule has 1 aliphatic carbocycles. The van der Waals surface area contributed by atoms with E-state index in [4.69, 9.17) is 0 Å². The molecule has 0 saturated heterocycles. The number of nitrogens with zero attached hydrogens (tertiary/aromatic N) is 3. The van der Waals surface area contributed by atoms with Gasteiger partial charge in [-0.25, -0.2) is 4.68 Å². The van der Waals surface area contributed by atoms with Crippen LogP contribution in [0.25, 0.3) is 11.0 Å². The van der Waals surface area contributed by atoms with E-state index in [1.165, 1.54) is 12.8 Å². The molecule has 1 fully saturated rings. The van der Waals surface area contributed by atoms with Crippen molar-refractivity contribution in [2.75, 3.05) is 6.54 Å². The molecule has 1 N–H and O–H groups in total. The van der Waals surface area contributed by atoms with E-state index in [0.29, 0.717) is 0 Å². The molecule has 16 heavy (non-hydrogen) atoms. The number of nitrogens with one attached hydrogen (secondary N) is 1. The molecule has 1 aromatic carbocycles. The van der Waals surface area contributed by atoms with Crippen molar-refractivity contribution in [2.45, 2.75) is 31.8 Å². The lowest BCUT2D eigenvalue weighted by Crippen LogP contribution is -2.19. The summed E-state index contributed by atoms with van der Waals surface area (Å²) in [5.74, 6) is 0. The van der Waals surface area contributed by atoms with Gasteiger partial charge in [-0.3, -0.25) is 0 Å². The van der Waals surface area contributed by atoms with Gasteiger partial charge in [0.05, 0.1) is 5.52 Å². The van der Waals surface area contributed by atoms with E-state index < -0.39 is 0 Å². The smallest absolute Gasteiger partial charge is 0.113 e. The lowest BCUT2D eigenvalue weighted by molar-refractivity contribution is 0.540. The molecule has 1 aromatic heterocycles. The lowest BCUT2D eigenvalue weighted by Gasteiger charge is -2.03. The van der Waals surface area contributed by atoms with Gasteiger partial charge in [0.25, 0.3) is 0 Å². The van der Waals surface area contributed by atoms with Crippen LogP contribution in [0.3, 0.4) is 0 Å². The van der Waals surface area contributed by atoms with E-state index in [2.05, 4.69) is 21.7 Å². The maximum atomic E-state index is 4.17. The summed E-state index contributed by atoms with van der Waals surface area (Å²) in [5, 5.41) is 11.8. The van der Waals surface area contributed by atoms with Gasteiger partial charge in [-0.1, -0.05) is 17.3 Å². The molecule has 0 radical (unpaired) electrons. The molecule has 0 unspecified atom stereocenters. The van der Waals surface area contributed by atoms with Crippen LogP contribution in [0, 0.1) is 0 Å². The van der Waals surface area contributed by atoms with Gasteiger partial charge in [0, 0.05) is 12.6 Å². The standard InChI is InChI=1S/C12H16N4/c1-2-5-12-11(4-1)14-15-16(12)9-3-8-13-10-6-7-10/h1-2,4-5,10,13H,3,6-9H2. The van der Waals surface area contributed by atoms with E-state index >= 15 is 0 Å². The zero-order valence-electron chi connectivity index (χ0n) is 9.26. The Bertz CT molecular complexity index is 473. The molecule has 1 heterocycles. The van der Waals surface area contributed by atoms with Gasteiger partial charge in [0.2, 0.25) is 0 Å². The van der Waals surface area contributed by atoms with Crippen LogP contribution in [0.15, 0.2) is 24.3 Å². The molecule has 2 aromatic rings. The molecule has 0 bridgehead atoms. The van der Waals surface area contributed by atoms with Crippen LogP contribution in [-0.2, 0) is 6.54 Å². The fourth-order valence-electron chi connectivity index (χ4n) is 1.90. The van der Waals surface area contributed by atoms with Crippen molar-refractivity contribution in [3.05, 3.63) is 24.3 Å². The Hall–Kier alpha value is -1.42. The first kappa shape index (κ1) is 9.78. The van der Waals surface area contributed by atoms with Crippen LogP contribution in [0.2, 0.25) is 0 Å². The Balaban J connectivity index is 1.60. The van der Waals surface area contributed by atoms with Crippen LogP contribution in [-0.4, -0.2) is 27.6 Å². The minimum absolute atomic E-state index is 0.799. The highest BCUT2D eigenvalue weighted by Crippen LogP contribution is 2.18. The Morgan fingerprint density at radius 3 is 3.06 bits per heavy atom. The number of para-hydroxylation sites is 1. The molecule has 0 aliphatic heterocycles. The topological polar surface area (TPSA) is 42.7 Å². The monoisotopic (exact) mass is 216 g/mol. The number of hydrogen-bond acceptors (Lipinski definition) is 3. The van der Waals surface area contributed by atoms with Gasteiger partial charge in [0.1, 0.15) is 5.52 Å². The summed E-state index contributed by atoms with van der Waals surface area (Å²) >= 11 is 0. The minimum atomic E-state index is 0.799. The average molecular weight is 216 g/mol. The molecule has 4 nitrogen and oxygen atoms in total. The number of aryl methyl sites for hydroxylation is 1. The highest BCUT2D eigenvalue weighted by Gasteiger charge is 2.19. The molecule has 0 spiro atoms. The average Bonchev–Trinajstić information content (AvgIpc) is 3.05. The van der Waals surface area contributed by atoms with Crippen LogP contribution < -0.4 is 5.32 Å². The van der Waals surface area contributed by atoms with E-state index in [0.717, 1.165) is 36.6 Å². The zero-order valence-corrected chi connectivity index (χ0v) is 9.26.